The lowest BCUT2D eigenvalue weighted by Gasteiger charge is -2.33. The molecule has 0 radical (unpaired) electrons. The van der Waals surface area contributed by atoms with E-state index < -0.39 is 5.60 Å². The minimum Gasteiger partial charge on any atom is -0.492 e. The van der Waals surface area contributed by atoms with Crippen LogP contribution in [0.5, 0.6) is 5.75 Å². The number of aromatic nitrogens is 1. The number of allylic oxidation sites excluding steroid dienone is 2. The SMILES string of the molecule is CC(C)(C)OC(=O)N1CCC(COc2ccc(C3=CCC(C(=O)N4CCC(O)CC4)CC3)nc2)CC1. The fourth-order valence-electron chi connectivity index (χ4n) is 5.11. The minimum atomic E-state index is -0.471. The molecule has 8 heteroatoms. The lowest BCUT2D eigenvalue weighted by atomic mass is 9.87. The number of nitrogens with zero attached hydrogens (tertiary/aromatic N) is 3. The molecule has 198 valence electrons. The third kappa shape index (κ3) is 7.21. The molecule has 1 unspecified atom stereocenters. The van der Waals surface area contributed by atoms with Gasteiger partial charge in [-0.15, -0.1) is 0 Å². The largest absolute Gasteiger partial charge is 0.492 e. The summed E-state index contributed by atoms with van der Waals surface area (Å²) in [5.41, 5.74) is 1.66. The van der Waals surface area contributed by atoms with Crippen molar-refractivity contribution < 1.29 is 24.2 Å². The second-order valence-electron chi connectivity index (χ2n) is 11.4. The Morgan fingerprint density at radius 3 is 2.31 bits per heavy atom. The minimum absolute atomic E-state index is 0.0355. The van der Waals surface area contributed by atoms with Gasteiger partial charge < -0.3 is 24.4 Å². The van der Waals surface area contributed by atoms with Gasteiger partial charge in [-0.1, -0.05) is 6.08 Å². The first kappa shape index (κ1) is 26.5. The highest BCUT2D eigenvalue weighted by molar-refractivity contribution is 5.80. The van der Waals surface area contributed by atoms with Crippen molar-refractivity contribution in [1.82, 2.24) is 14.8 Å². The number of aliphatic hydroxyl groups is 1. The van der Waals surface area contributed by atoms with Crippen LogP contribution in [0.3, 0.4) is 0 Å². The van der Waals surface area contributed by atoms with Gasteiger partial charge >= 0.3 is 6.09 Å². The highest BCUT2D eigenvalue weighted by Gasteiger charge is 2.29. The third-order valence-corrected chi connectivity index (χ3v) is 7.35. The first-order chi connectivity index (χ1) is 17.2. The maximum Gasteiger partial charge on any atom is 0.410 e. The molecule has 8 nitrogen and oxygen atoms in total. The van der Waals surface area contributed by atoms with Crippen LogP contribution in [0.2, 0.25) is 0 Å². The Balaban J connectivity index is 1.20. The molecule has 36 heavy (non-hydrogen) atoms. The van der Waals surface area contributed by atoms with Gasteiger partial charge in [-0.3, -0.25) is 9.78 Å². The van der Waals surface area contributed by atoms with Gasteiger partial charge in [-0.2, -0.15) is 0 Å². The molecule has 2 aliphatic heterocycles. The molecule has 0 aromatic carbocycles. The van der Waals surface area contributed by atoms with Gasteiger partial charge in [0.15, 0.2) is 0 Å². The van der Waals surface area contributed by atoms with Gasteiger partial charge in [-0.25, -0.2) is 4.79 Å². The first-order valence-corrected chi connectivity index (χ1v) is 13.4. The van der Waals surface area contributed by atoms with Crippen LogP contribution >= 0.6 is 0 Å². The van der Waals surface area contributed by atoms with E-state index >= 15 is 0 Å². The molecule has 0 saturated carbocycles. The standard InChI is InChI=1S/C28H41N3O5/c1-28(2,3)36-27(34)31-14-10-20(11-15-31)19-35-24-8-9-25(29-18-24)21-4-6-22(7-5-21)26(33)30-16-12-23(32)13-17-30/h4,8-9,18,20,22-23,32H,5-7,10-17,19H2,1-3H3. The van der Waals surface area contributed by atoms with Crippen LogP contribution in [0.4, 0.5) is 4.79 Å². The maximum absolute atomic E-state index is 12.8. The fourth-order valence-corrected chi connectivity index (χ4v) is 5.11. The Labute approximate surface area is 214 Å². The number of hydrogen-bond donors (Lipinski definition) is 1. The summed E-state index contributed by atoms with van der Waals surface area (Å²) in [5.74, 6) is 1.42. The van der Waals surface area contributed by atoms with Crippen LogP contribution < -0.4 is 4.74 Å². The zero-order valence-corrected chi connectivity index (χ0v) is 21.9. The van der Waals surface area contributed by atoms with E-state index in [9.17, 15) is 14.7 Å². The summed E-state index contributed by atoms with van der Waals surface area (Å²) in [7, 11) is 0. The van der Waals surface area contributed by atoms with E-state index in [0.29, 0.717) is 51.5 Å². The number of hydrogen-bond acceptors (Lipinski definition) is 6. The molecule has 3 aliphatic rings. The van der Waals surface area contributed by atoms with Crippen LogP contribution in [0, 0.1) is 11.8 Å². The molecular weight excluding hydrogens is 458 g/mol. The van der Waals surface area contributed by atoms with Gasteiger partial charge in [0.2, 0.25) is 5.91 Å². The number of carbonyl (C=O) groups excluding carboxylic acids is 2. The molecular formula is C28H41N3O5. The number of likely N-dealkylation sites (tertiary alicyclic amines) is 2. The summed E-state index contributed by atoms with van der Waals surface area (Å²) < 4.78 is 11.5. The predicted octanol–water partition coefficient (Wildman–Crippen LogP) is 4.27. The number of ether oxygens (including phenoxy) is 2. The molecule has 4 rings (SSSR count). The van der Waals surface area contributed by atoms with E-state index in [1.54, 1.807) is 11.1 Å². The van der Waals surface area contributed by atoms with Gasteiger partial charge in [0.25, 0.3) is 0 Å². The van der Waals surface area contributed by atoms with Gasteiger partial charge in [0, 0.05) is 32.1 Å². The van der Waals surface area contributed by atoms with E-state index in [-0.39, 0.29) is 24.0 Å². The zero-order chi connectivity index (χ0) is 25.7. The topological polar surface area (TPSA) is 92.2 Å². The molecule has 1 aliphatic carbocycles. The fraction of sp³-hybridized carbons (Fsp3) is 0.679. The highest BCUT2D eigenvalue weighted by Crippen LogP contribution is 2.31. The third-order valence-electron chi connectivity index (χ3n) is 7.35. The van der Waals surface area contributed by atoms with Crippen molar-refractivity contribution in [2.24, 2.45) is 11.8 Å². The number of aliphatic hydroxyl groups excluding tert-OH is 1. The Morgan fingerprint density at radius 2 is 1.72 bits per heavy atom. The second-order valence-corrected chi connectivity index (χ2v) is 11.4. The zero-order valence-electron chi connectivity index (χ0n) is 21.9. The Hall–Kier alpha value is -2.61. The summed E-state index contributed by atoms with van der Waals surface area (Å²) >= 11 is 0. The van der Waals surface area contributed by atoms with E-state index in [4.69, 9.17) is 9.47 Å². The Kier molecular flexibility index (Phi) is 8.54. The summed E-state index contributed by atoms with van der Waals surface area (Å²) in [6, 6.07) is 3.97. The van der Waals surface area contributed by atoms with Gasteiger partial charge in [-0.05, 0) is 89.3 Å². The molecule has 2 saturated heterocycles. The summed E-state index contributed by atoms with van der Waals surface area (Å²) in [6.07, 6.45) is 9.03. The van der Waals surface area contributed by atoms with Crippen LogP contribution in [0.15, 0.2) is 24.4 Å². The molecule has 1 atom stereocenters. The highest BCUT2D eigenvalue weighted by atomic mass is 16.6. The van der Waals surface area contributed by atoms with Crippen molar-refractivity contribution in [3.05, 3.63) is 30.1 Å². The van der Waals surface area contributed by atoms with E-state index in [1.165, 1.54) is 5.57 Å². The smallest absolute Gasteiger partial charge is 0.410 e. The summed E-state index contributed by atoms with van der Waals surface area (Å²) in [6.45, 7) is 8.99. The lowest BCUT2D eigenvalue weighted by molar-refractivity contribution is -0.137. The molecule has 0 bridgehead atoms. The number of piperidine rings is 2. The molecule has 2 amide bonds. The first-order valence-electron chi connectivity index (χ1n) is 13.4. The number of rotatable bonds is 5. The van der Waals surface area contributed by atoms with E-state index in [1.807, 2.05) is 37.8 Å². The number of carbonyl (C=O) groups is 2. The molecule has 0 spiro atoms. The molecule has 2 fully saturated rings. The van der Waals surface area contributed by atoms with Crippen molar-refractivity contribution in [3.8, 4) is 5.75 Å². The average molecular weight is 500 g/mol. The quantitative estimate of drug-likeness (QED) is 0.650. The molecule has 3 heterocycles. The van der Waals surface area contributed by atoms with Crippen molar-refractivity contribution in [2.75, 3.05) is 32.8 Å². The van der Waals surface area contributed by atoms with Crippen molar-refractivity contribution in [3.63, 3.8) is 0 Å². The van der Waals surface area contributed by atoms with Crippen LogP contribution in [0.25, 0.3) is 5.57 Å². The molecule has 1 aromatic heterocycles. The van der Waals surface area contributed by atoms with Crippen molar-refractivity contribution in [2.45, 2.75) is 77.4 Å². The maximum atomic E-state index is 12.8. The normalized spacial score (nSPS) is 22.2. The Morgan fingerprint density at radius 1 is 1.03 bits per heavy atom. The number of amides is 2. The lowest BCUT2D eigenvalue weighted by Crippen LogP contribution is -2.43. The Bertz CT molecular complexity index is 923. The average Bonchev–Trinajstić information content (AvgIpc) is 2.87. The molecule has 1 N–H and O–H groups in total. The van der Waals surface area contributed by atoms with E-state index in [0.717, 1.165) is 43.5 Å². The second kappa shape index (κ2) is 11.6. The summed E-state index contributed by atoms with van der Waals surface area (Å²) in [4.78, 5) is 33.4. The van der Waals surface area contributed by atoms with Crippen LogP contribution in [0.1, 0.15) is 71.4 Å². The van der Waals surface area contributed by atoms with Crippen LogP contribution in [-0.2, 0) is 9.53 Å². The summed E-state index contributed by atoms with van der Waals surface area (Å²) in [5, 5.41) is 9.68. The number of pyridine rings is 1. The van der Waals surface area contributed by atoms with E-state index in [2.05, 4.69) is 11.1 Å². The predicted molar refractivity (Wildman–Crippen MR) is 137 cm³/mol. The van der Waals surface area contributed by atoms with Crippen molar-refractivity contribution in [1.29, 1.82) is 0 Å². The monoisotopic (exact) mass is 499 g/mol. The van der Waals surface area contributed by atoms with Crippen LogP contribution in [-0.4, -0.2) is 76.4 Å². The van der Waals surface area contributed by atoms with Gasteiger partial charge in [0.1, 0.15) is 11.4 Å². The van der Waals surface area contributed by atoms with Crippen molar-refractivity contribution >= 4 is 17.6 Å². The molecule has 1 aromatic rings. The van der Waals surface area contributed by atoms with Gasteiger partial charge in [0.05, 0.1) is 24.6 Å².